The third-order valence-electron chi connectivity index (χ3n) is 5.36. The molecule has 0 N–H and O–H groups in total. The van der Waals surface area contributed by atoms with E-state index >= 15 is 0 Å². The lowest BCUT2D eigenvalue weighted by Gasteiger charge is -2.28. The van der Waals surface area contributed by atoms with E-state index in [-0.39, 0.29) is 11.4 Å². The molecule has 1 heterocycles. The van der Waals surface area contributed by atoms with E-state index in [1.54, 1.807) is 0 Å². The molecule has 0 spiro atoms. The molecule has 3 aromatic rings. The zero-order valence-corrected chi connectivity index (χ0v) is 17.2. The van der Waals surface area contributed by atoms with Gasteiger partial charge in [-0.25, -0.2) is 4.79 Å². The molecule has 4 rings (SSSR count). The van der Waals surface area contributed by atoms with Crippen LogP contribution in [0.5, 0.6) is 0 Å². The molecule has 0 atom stereocenters. The normalized spacial score (nSPS) is 16.7. The second-order valence-electron chi connectivity index (χ2n) is 8.51. The fourth-order valence-corrected chi connectivity index (χ4v) is 4.03. The summed E-state index contributed by atoms with van der Waals surface area (Å²) in [5.74, 6) is 0.513. The van der Waals surface area contributed by atoms with E-state index < -0.39 is 0 Å². The molecule has 0 saturated heterocycles. The van der Waals surface area contributed by atoms with E-state index in [0.29, 0.717) is 19.3 Å². The lowest BCUT2D eigenvalue weighted by atomic mass is 9.75. The molecule has 0 aliphatic heterocycles. The summed E-state index contributed by atoms with van der Waals surface area (Å²) in [7, 11) is 0. The van der Waals surface area contributed by atoms with Crippen LogP contribution >= 0.6 is 0 Å². The van der Waals surface area contributed by atoms with E-state index in [4.69, 9.17) is 9.36 Å². The maximum atomic E-state index is 11.9. The molecule has 1 aromatic heterocycles. The SMILES string of the molecule is CCCC(=O)ON=C1CC(C)(C)Cc2onc(Cc3cccc4ccccc34)c21. The predicted octanol–water partition coefficient (Wildman–Crippen LogP) is 5.44. The third-order valence-corrected chi connectivity index (χ3v) is 5.36. The number of carbonyl (C=O) groups is 1. The summed E-state index contributed by atoms with van der Waals surface area (Å²) in [4.78, 5) is 17.0. The summed E-state index contributed by atoms with van der Waals surface area (Å²) < 4.78 is 5.72. The van der Waals surface area contributed by atoms with Crippen LogP contribution in [0.4, 0.5) is 0 Å². The summed E-state index contributed by atoms with van der Waals surface area (Å²) in [5.41, 5.74) is 3.65. The first-order valence-electron chi connectivity index (χ1n) is 10.2. The predicted molar refractivity (Wildman–Crippen MR) is 113 cm³/mol. The summed E-state index contributed by atoms with van der Waals surface area (Å²) in [6.07, 6.45) is 3.23. The molecule has 0 amide bonds. The maximum absolute atomic E-state index is 11.9. The first-order chi connectivity index (χ1) is 14.0. The Bertz CT molecular complexity index is 1070. The summed E-state index contributed by atoms with van der Waals surface area (Å²) in [6, 6.07) is 14.6. The van der Waals surface area contributed by atoms with Crippen LogP contribution in [0.15, 0.2) is 52.1 Å². The zero-order chi connectivity index (χ0) is 20.4. The Morgan fingerprint density at radius 2 is 1.97 bits per heavy atom. The highest BCUT2D eigenvalue weighted by Crippen LogP contribution is 2.37. The van der Waals surface area contributed by atoms with Crippen molar-refractivity contribution >= 4 is 22.5 Å². The molecule has 1 aliphatic carbocycles. The van der Waals surface area contributed by atoms with Crippen LogP contribution in [0.3, 0.4) is 0 Å². The van der Waals surface area contributed by atoms with Gasteiger partial charge < -0.3 is 9.36 Å². The minimum Gasteiger partial charge on any atom is -0.360 e. The second kappa shape index (κ2) is 7.82. The van der Waals surface area contributed by atoms with Crippen molar-refractivity contribution < 1.29 is 14.2 Å². The van der Waals surface area contributed by atoms with Crippen molar-refractivity contribution in [3.8, 4) is 0 Å². The molecule has 0 radical (unpaired) electrons. The van der Waals surface area contributed by atoms with Gasteiger partial charge in [-0.2, -0.15) is 0 Å². The highest BCUT2D eigenvalue weighted by molar-refractivity contribution is 6.03. The van der Waals surface area contributed by atoms with Gasteiger partial charge in [0.05, 0.1) is 17.0 Å². The van der Waals surface area contributed by atoms with Gasteiger partial charge in [0.15, 0.2) is 0 Å². The van der Waals surface area contributed by atoms with Crippen molar-refractivity contribution in [2.75, 3.05) is 0 Å². The number of hydrogen-bond donors (Lipinski definition) is 0. The van der Waals surface area contributed by atoms with Crippen LogP contribution in [-0.2, 0) is 22.5 Å². The first-order valence-corrected chi connectivity index (χ1v) is 10.2. The molecule has 29 heavy (non-hydrogen) atoms. The van der Waals surface area contributed by atoms with Gasteiger partial charge in [0.25, 0.3) is 0 Å². The van der Waals surface area contributed by atoms with Gasteiger partial charge in [-0.05, 0) is 34.6 Å². The number of rotatable bonds is 5. The number of oxime groups is 1. The third kappa shape index (κ3) is 4.09. The summed E-state index contributed by atoms with van der Waals surface area (Å²) >= 11 is 0. The zero-order valence-electron chi connectivity index (χ0n) is 17.2. The van der Waals surface area contributed by atoms with Crippen molar-refractivity contribution in [2.24, 2.45) is 10.6 Å². The summed E-state index contributed by atoms with van der Waals surface area (Å²) in [5, 5.41) is 11.0. The molecule has 5 heteroatoms. The van der Waals surface area contributed by atoms with E-state index in [9.17, 15) is 4.79 Å². The Balaban J connectivity index is 1.71. The average molecular weight is 390 g/mol. The van der Waals surface area contributed by atoms with Gasteiger partial charge in [-0.15, -0.1) is 0 Å². The Morgan fingerprint density at radius 3 is 2.79 bits per heavy atom. The lowest BCUT2D eigenvalue weighted by molar-refractivity contribution is -0.143. The first kappa shape index (κ1) is 19.4. The minimum absolute atomic E-state index is 0.0285. The van der Waals surface area contributed by atoms with E-state index in [0.717, 1.165) is 35.6 Å². The van der Waals surface area contributed by atoms with Gasteiger partial charge in [-0.3, -0.25) is 0 Å². The van der Waals surface area contributed by atoms with Crippen molar-refractivity contribution in [2.45, 2.75) is 52.9 Å². The number of hydrogen-bond acceptors (Lipinski definition) is 5. The van der Waals surface area contributed by atoms with E-state index in [1.807, 2.05) is 19.1 Å². The fraction of sp³-hybridized carbons (Fsp3) is 0.375. The molecule has 150 valence electrons. The number of aromatic nitrogens is 1. The number of nitrogens with zero attached hydrogens (tertiary/aromatic N) is 2. The minimum atomic E-state index is -0.308. The van der Waals surface area contributed by atoms with Gasteiger partial charge in [-0.1, -0.05) is 73.5 Å². The molecule has 5 nitrogen and oxygen atoms in total. The highest BCUT2D eigenvalue weighted by atomic mass is 16.7. The smallest absolute Gasteiger partial charge is 0.335 e. The topological polar surface area (TPSA) is 64.7 Å². The van der Waals surface area contributed by atoms with Crippen molar-refractivity contribution in [3.63, 3.8) is 0 Å². The molecule has 0 bridgehead atoms. The highest BCUT2D eigenvalue weighted by Gasteiger charge is 2.35. The van der Waals surface area contributed by atoms with Crippen LogP contribution < -0.4 is 0 Å². The van der Waals surface area contributed by atoms with Crippen LogP contribution in [0, 0.1) is 5.41 Å². The van der Waals surface area contributed by atoms with E-state index in [1.165, 1.54) is 16.3 Å². The molecule has 0 unspecified atom stereocenters. The number of benzene rings is 2. The van der Waals surface area contributed by atoms with E-state index in [2.05, 4.69) is 54.5 Å². The van der Waals surface area contributed by atoms with Crippen molar-refractivity contribution in [3.05, 3.63) is 65.0 Å². The quantitative estimate of drug-likeness (QED) is 0.430. The number of fused-ring (bicyclic) bond motifs is 2. The monoisotopic (exact) mass is 390 g/mol. The van der Waals surface area contributed by atoms with Gasteiger partial charge in [0, 0.05) is 19.3 Å². The second-order valence-corrected chi connectivity index (χ2v) is 8.51. The van der Waals surface area contributed by atoms with Crippen molar-refractivity contribution in [1.29, 1.82) is 0 Å². The largest absolute Gasteiger partial charge is 0.360 e. The Morgan fingerprint density at radius 1 is 1.17 bits per heavy atom. The average Bonchev–Trinajstić information content (AvgIpc) is 3.08. The number of carbonyl (C=O) groups excluding carboxylic acids is 1. The molecule has 2 aromatic carbocycles. The van der Waals surface area contributed by atoms with Gasteiger partial charge in [0.2, 0.25) is 0 Å². The lowest BCUT2D eigenvalue weighted by Crippen LogP contribution is -2.27. The standard InChI is InChI=1S/C24H26N2O3/c1-4-8-22(27)29-26-20-14-24(2,3)15-21-23(20)19(25-28-21)13-17-11-7-10-16-9-5-6-12-18(16)17/h5-7,9-12H,4,8,13-15H2,1-3H3. The van der Waals surface area contributed by atoms with Crippen LogP contribution in [0.2, 0.25) is 0 Å². The van der Waals surface area contributed by atoms with Crippen LogP contribution in [-0.4, -0.2) is 16.8 Å². The Hall–Kier alpha value is -2.95. The maximum Gasteiger partial charge on any atom is 0.335 e. The fourth-order valence-electron chi connectivity index (χ4n) is 4.03. The summed E-state index contributed by atoms with van der Waals surface area (Å²) in [6.45, 7) is 6.26. The van der Waals surface area contributed by atoms with Crippen LogP contribution in [0.1, 0.15) is 62.6 Å². The molecular weight excluding hydrogens is 364 g/mol. The van der Waals surface area contributed by atoms with Crippen molar-refractivity contribution in [1.82, 2.24) is 5.16 Å². The van der Waals surface area contributed by atoms with Gasteiger partial charge in [0.1, 0.15) is 5.76 Å². The molecular formula is C24H26N2O3. The van der Waals surface area contributed by atoms with Crippen LogP contribution in [0.25, 0.3) is 10.8 Å². The Labute approximate surface area is 170 Å². The molecule has 0 saturated carbocycles. The molecule has 0 fully saturated rings. The van der Waals surface area contributed by atoms with Gasteiger partial charge >= 0.3 is 5.97 Å². The Kier molecular flexibility index (Phi) is 5.22. The molecule has 1 aliphatic rings.